The maximum atomic E-state index is 13.4. The van der Waals surface area contributed by atoms with Crippen molar-refractivity contribution in [1.82, 2.24) is 14.7 Å². The Morgan fingerprint density at radius 1 is 1.05 bits per heavy atom. The van der Waals surface area contributed by atoms with E-state index in [9.17, 15) is 13.2 Å². The lowest BCUT2D eigenvalue weighted by molar-refractivity contribution is 0.0981. The van der Waals surface area contributed by atoms with Crippen molar-refractivity contribution in [3.05, 3.63) is 77.5 Å². The first-order valence-electron chi connectivity index (χ1n) is 12.4. The lowest BCUT2D eigenvalue weighted by Gasteiger charge is -2.38. The van der Waals surface area contributed by atoms with E-state index in [1.54, 1.807) is 12.1 Å². The molecular weight excluding hydrogens is 486 g/mol. The van der Waals surface area contributed by atoms with Gasteiger partial charge in [0.15, 0.2) is 5.03 Å². The van der Waals surface area contributed by atoms with Crippen LogP contribution in [0.1, 0.15) is 62.7 Å². The number of nitrogens with two attached hydrogens (primary N) is 1. The number of sulfonamides is 1. The normalized spacial score (nSPS) is 17.5. The van der Waals surface area contributed by atoms with Crippen LogP contribution in [-0.4, -0.2) is 36.4 Å². The van der Waals surface area contributed by atoms with E-state index in [1.807, 2.05) is 18.2 Å². The number of benzene rings is 1. The zero-order valence-corrected chi connectivity index (χ0v) is 22.8. The largest absolute Gasteiger partial charge is 0.384 e. The summed E-state index contributed by atoms with van der Waals surface area (Å²) < 4.78 is 28.0. The molecule has 1 unspecified atom stereocenters. The number of amides is 1. The molecule has 1 fully saturated rings. The van der Waals surface area contributed by atoms with Crippen LogP contribution in [0.3, 0.4) is 0 Å². The minimum atomic E-state index is -4.23. The third kappa shape index (κ3) is 5.61. The third-order valence-electron chi connectivity index (χ3n) is 7.11. The van der Waals surface area contributed by atoms with Crippen LogP contribution >= 0.6 is 0 Å². The summed E-state index contributed by atoms with van der Waals surface area (Å²) in [6.07, 6.45) is 1.83. The number of hydrogen-bond donors (Lipinski definition) is 2. The quantitative estimate of drug-likeness (QED) is 0.496. The predicted molar refractivity (Wildman–Crippen MR) is 146 cm³/mol. The van der Waals surface area contributed by atoms with Gasteiger partial charge >= 0.3 is 0 Å². The van der Waals surface area contributed by atoms with Gasteiger partial charge in [0.05, 0.1) is 5.56 Å². The van der Waals surface area contributed by atoms with E-state index < -0.39 is 15.9 Å². The molecule has 0 spiro atoms. The second-order valence-electron chi connectivity index (χ2n) is 11.1. The standard InChI is InChI=1S/C28H35N5O3S/c1-27(2,3)22-15-14-21(26(34)32-37(35,36)24-13-9-12-23(29)31-24)25(30-22)33-17-16-20(28(33,4)5)18-19-10-7-6-8-11-19/h6-15,20H,16-18H2,1-5H3,(H2,29,31)(H,32,34). The number of anilines is 2. The van der Waals surface area contributed by atoms with Gasteiger partial charge < -0.3 is 10.6 Å². The Hall–Kier alpha value is -3.46. The fourth-order valence-electron chi connectivity index (χ4n) is 4.83. The van der Waals surface area contributed by atoms with Crippen molar-refractivity contribution >= 4 is 27.6 Å². The van der Waals surface area contributed by atoms with E-state index in [0.717, 1.165) is 18.5 Å². The fourth-order valence-corrected chi connectivity index (χ4v) is 5.78. The number of nitrogens with one attached hydrogen (secondary N) is 1. The van der Waals surface area contributed by atoms with Crippen molar-refractivity contribution in [1.29, 1.82) is 0 Å². The van der Waals surface area contributed by atoms with Crippen LogP contribution in [0.25, 0.3) is 0 Å². The van der Waals surface area contributed by atoms with E-state index in [4.69, 9.17) is 10.7 Å². The summed E-state index contributed by atoms with van der Waals surface area (Å²) in [5.41, 5.74) is 7.37. The molecule has 196 valence electrons. The number of aromatic nitrogens is 2. The number of nitrogens with zero attached hydrogens (tertiary/aromatic N) is 3. The first kappa shape index (κ1) is 26.6. The van der Waals surface area contributed by atoms with Crippen molar-refractivity contribution in [2.45, 2.75) is 63.4 Å². The Labute approximate surface area is 219 Å². The van der Waals surface area contributed by atoms with Crippen LogP contribution in [0.4, 0.5) is 11.6 Å². The Bertz CT molecular complexity index is 1400. The van der Waals surface area contributed by atoms with Gasteiger partial charge in [-0.25, -0.2) is 14.7 Å². The number of rotatable bonds is 6. The molecule has 1 amide bonds. The van der Waals surface area contributed by atoms with Crippen molar-refractivity contribution < 1.29 is 13.2 Å². The molecule has 1 saturated heterocycles. The molecule has 1 aliphatic rings. The molecule has 1 aliphatic heterocycles. The van der Waals surface area contributed by atoms with E-state index in [1.165, 1.54) is 23.8 Å². The van der Waals surface area contributed by atoms with Crippen LogP contribution < -0.4 is 15.4 Å². The second kappa shape index (κ2) is 9.78. The van der Waals surface area contributed by atoms with E-state index in [0.29, 0.717) is 18.3 Å². The number of pyridine rings is 2. The Morgan fingerprint density at radius 3 is 2.41 bits per heavy atom. The van der Waals surface area contributed by atoms with Crippen molar-refractivity contribution in [2.24, 2.45) is 5.92 Å². The van der Waals surface area contributed by atoms with Crippen LogP contribution in [0.5, 0.6) is 0 Å². The molecule has 3 aromatic rings. The number of hydrogen-bond acceptors (Lipinski definition) is 7. The van der Waals surface area contributed by atoms with Gasteiger partial charge in [-0.15, -0.1) is 0 Å². The molecule has 0 saturated carbocycles. The third-order valence-corrected chi connectivity index (χ3v) is 8.34. The summed E-state index contributed by atoms with van der Waals surface area (Å²) in [5, 5.41) is -0.314. The van der Waals surface area contributed by atoms with Gasteiger partial charge in [0.25, 0.3) is 15.9 Å². The van der Waals surface area contributed by atoms with Crippen molar-refractivity contribution in [3.63, 3.8) is 0 Å². The summed E-state index contributed by atoms with van der Waals surface area (Å²) in [4.78, 5) is 24.4. The molecule has 9 heteroatoms. The maximum Gasteiger partial charge on any atom is 0.281 e. The van der Waals surface area contributed by atoms with Crippen LogP contribution in [-0.2, 0) is 21.9 Å². The summed E-state index contributed by atoms with van der Waals surface area (Å²) in [7, 11) is -4.23. The molecule has 37 heavy (non-hydrogen) atoms. The molecule has 8 nitrogen and oxygen atoms in total. The van der Waals surface area contributed by atoms with Crippen LogP contribution in [0.2, 0.25) is 0 Å². The average Bonchev–Trinajstić information content (AvgIpc) is 3.12. The van der Waals surface area contributed by atoms with Gasteiger partial charge in [-0.2, -0.15) is 8.42 Å². The maximum absolute atomic E-state index is 13.4. The molecule has 1 aromatic carbocycles. The molecule has 3 N–H and O–H groups in total. The average molecular weight is 522 g/mol. The summed E-state index contributed by atoms with van der Waals surface area (Å²) in [6, 6.07) is 18.1. The van der Waals surface area contributed by atoms with Gasteiger partial charge in [0.2, 0.25) is 0 Å². The molecule has 2 aromatic heterocycles. The minimum absolute atomic E-state index is 0.0514. The van der Waals surface area contributed by atoms with E-state index >= 15 is 0 Å². The summed E-state index contributed by atoms with van der Waals surface area (Å²) >= 11 is 0. The first-order chi connectivity index (χ1) is 17.3. The number of carbonyl (C=O) groups excluding carboxylic acids is 1. The smallest absolute Gasteiger partial charge is 0.281 e. The molecule has 4 rings (SSSR count). The molecule has 3 heterocycles. The zero-order chi connectivity index (χ0) is 27.0. The van der Waals surface area contributed by atoms with Crippen LogP contribution in [0, 0.1) is 5.92 Å². The monoisotopic (exact) mass is 521 g/mol. The van der Waals surface area contributed by atoms with Crippen molar-refractivity contribution in [3.8, 4) is 0 Å². The highest BCUT2D eigenvalue weighted by Gasteiger charge is 2.43. The van der Waals surface area contributed by atoms with Crippen LogP contribution in [0.15, 0.2) is 65.7 Å². The number of carbonyl (C=O) groups is 1. The van der Waals surface area contributed by atoms with Crippen molar-refractivity contribution in [2.75, 3.05) is 17.2 Å². The summed E-state index contributed by atoms with van der Waals surface area (Å²) in [5.74, 6) is 0.109. The number of nitrogen functional groups attached to an aromatic ring is 1. The topological polar surface area (TPSA) is 118 Å². The molecule has 0 aliphatic carbocycles. The highest BCUT2D eigenvalue weighted by molar-refractivity contribution is 7.90. The SMILES string of the molecule is CC(C)(C)c1ccc(C(=O)NS(=O)(=O)c2cccc(N)n2)c(N2CCC(Cc3ccccc3)C2(C)C)n1. The van der Waals surface area contributed by atoms with Gasteiger partial charge in [-0.05, 0) is 62.4 Å². The highest BCUT2D eigenvalue weighted by atomic mass is 32.2. The molecular formula is C28H35N5O3S. The minimum Gasteiger partial charge on any atom is -0.384 e. The molecule has 0 bridgehead atoms. The zero-order valence-electron chi connectivity index (χ0n) is 22.0. The van der Waals surface area contributed by atoms with E-state index in [2.05, 4.69) is 61.4 Å². The van der Waals surface area contributed by atoms with Gasteiger partial charge in [-0.1, -0.05) is 57.2 Å². The lowest BCUT2D eigenvalue weighted by Crippen LogP contribution is -2.45. The molecule has 0 radical (unpaired) electrons. The predicted octanol–water partition coefficient (Wildman–Crippen LogP) is 4.32. The Morgan fingerprint density at radius 2 is 1.76 bits per heavy atom. The highest BCUT2D eigenvalue weighted by Crippen LogP contribution is 2.41. The Balaban J connectivity index is 1.70. The first-order valence-corrected chi connectivity index (χ1v) is 13.9. The summed E-state index contributed by atoms with van der Waals surface area (Å²) in [6.45, 7) is 11.2. The lowest BCUT2D eigenvalue weighted by atomic mass is 9.83. The van der Waals surface area contributed by atoms with E-state index in [-0.39, 0.29) is 27.4 Å². The van der Waals surface area contributed by atoms with Gasteiger partial charge in [0.1, 0.15) is 11.6 Å². The van der Waals surface area contributed by atoms with Gasteiger partial charge in [0, 0.05) is 23.2 Å². The molecule has 1 atom stereocenters. The fraction of sp³-hybridized carbons (Fsp3) is 0.393. The second-order valence-corrected chi connectivity index (χ2v) is 12.8. The van der Waals surface area contributed by atoms with Gasteiger partial charge in [-0.3, -0.25) is 4.79 Å². The Kier molecular flexibility index (Phi) is 7.03.